The molecule has 0 radical (unpaired) electrons. The molecule has 1 aromatic rings. The SMILES string of the molecule is C/C(=C\NC(=O)Nc1c(C)cccc1C)C1CC1. The number of para-hydroxylation sites is 1. The standard InChI is InChI=1S/C15H20N2O/c1-10-5-4-6-11(2)14(10)17-15(18)16-9-12(3)13-7-8-13/h4-6,9,13H,7-8H2,1-3H3,(H2,16,17,18)/b12-9+. The van der Waals surface area contributed by atoms with E-state index in [4.69, 9.17) is 0 Å². The lowest BCUT2D eigenvalue weighted by Crippen LogP contribution is -2.25. The monoisotopic (exact) mass is 244 g/mol. The van der Waals surface area contributed by atoms with Gasteiger partial charge in [-0.05, 0) is 50.7 Å². The topological polar surface area (TPSA) is 41.1 Å². The van der Waals surface area contributed by atoms with Gasteiger partial charge in [0.05, 0.1) is 0 Å². The van der Waals surface area contributed by atoms with E-state index >= 15 is 0 Å². The summed E-state index contributed by atoms with van der Waals surface area (Å²) in [6.45, 7) is 6.05. The van der Waals surface area contributed by atoms with Crippen molar-refractivity contribution in [2.45, 2.75) is 33.6 Å². The number of rotatable bonds is 3. The first-order valence-corrected chi connectivity index (χ1v) is 6.38. The molecule has 0 aliphatic heterocycles. The van der Waals surface area contributed by atoms with Crippen molar-refractivity contribution in [1.29, 1.82) is 0 Å². The zero-order chi connectivity index (χ0) is 13.1. The molecule has 2 rings (SSSR count). The van der Waals surface area contributed by atoms with E-state index in [2.05, 4.69) is 17.6 Å². The van der Waals surface area contributed by atoms with Gasteiger partial charge in [0.25, 0.3) is 0 Å². The van der Waals surface area contributed by atoms with Gasteiger partial charge in [-0.3, -0.25) is 0 Å². The molecule has 18 heavy (non-hydrogen) atoms. The number of anilines is 1. The normalized spacial score (nSPS) is 15.4. The molecule has 1 aromatic carbocycles. The number of hydrogen-bond donors (Lipinski definition) is 2. The summed E-state index contributed by atoms with van der Waals surface area (Å²) in [5.74, 6) is 0.686. The van der Waals surface area contributed by atoms with Gasteiger partial charge in [-0.2, -0.15) is 0 Å². The maximum absolute atomic E-state index is 11.8. The molecule has 1 fully saturated rings. The van der Waals surface area contributed by atoms with Gasteiger partial charge in [-0.15, -0.1) is 0 Å². The molecular formula is C15H20N2O. The highest BCUT2D eigenvalue weighted by Gasteiger charge is 2.22. The predicted molar refractivity (Wildman–Crippen MR) is 74.6 cm³/mol. The summed E-state index contributed by atoms with van der Waals surface area (Å²) in [6.07, 6.45) is 4.33. The molecule has 96 valence electrons. The zero-order valence-corrected chi connectivity index (χ0v) is 11.2. The molecule has 0 bridgehead atoms. The van der Waals surface area contributed by atoms with Crippen molar-refractivity contribution in [2.24, 2.45) is 5.92 Å². The molecule has 1 saturated carbocycles. The Morgan fingerprint density at radius 2 is 1.89 bits per heavy atom. The number of urea groups is 1. The van der Waals surface area contributed by atoms with Crippen LogP contribution in [0.25, 0.3) is 0 Å². The molecule has 0 unspecified atom stereocenters. The van der Waals surface area contributed by atoms with Crippen LogP contribution in [0.2, 0.25) is 0 Å². The van der Waals surface area contributed by atoms with E-state index in [1.807, 2.05) is 38.2 Å². The van der Waals surface area contributed by atoms with E-state index in [1.165, 1.54) is 18.4 Å². The van der Waals surface area contributed by atoms with Crippen molar-refractivity contribution < 1.29 is 4.79 Å². The first-order valence-electron chi connectivity index (χ1n) is 6.38. The number of hydrogen-bond acceptors (Lipinski definition) is 1. The fraction of sp³-hybridized carbons (Fsp3) is 0.400. The third-order valence-corrected chi connectivity index (χ3v) is 3.37. The molecule has 0 saturated heterocycles. The summed E-state index contributed by atoms with van der Waals surface area (Å²) in [4.78, 5) is 11.8. The lowest BCUT2D eigenvalue weighted by molar-refractivity contribution is 0.255. The zero-order valence-electron chi connectivity index (χ0n) is 11.2. The van der Waals surface area contributed by atoms with Crippen LogP contribution in [-0.4, -0.2) is 6.03 Å². The van der Waals surface area contributed by atoms with E-state index in [0.717, 1.165) is 16.8 Å². The van der Waals surface area contributed by atoms with E-state index < -0.39 is 0 Å². The minimum absolute atomic E-state index is 0.174. The van der Waals surface area contributed by atoms with Crippen LogP contribution in [0.15, 0.2) is 30.0 Å². The Balaban J connectivity index is 1.96. The molecule has 3 heteroatoms. The van der Waals surface area contributed by atoms with E-state index in [9.17, 15) is 4.79 Å². The maximum Gasteiger partial charge on any atom is 0.323 e. The van der Waals surface area contributed by atoms with E-state index in [1.54, 1.807) is 0 Å². The molecule has 2 N–H and O–H groups in total. The fourth-order valence-corrected chi connectivity index (χ4v) is 2.00. The lowest BCUT2D eigenvalue weighted by atomic mass is 10.1. The second kappa shape index (κ2) is 5.25. The number of nitrogens with one attached hydrogen (secondary N) is 2. The van der Waals surface area contributed by atoms with Gasteiger partial charge < -0.3 is 10.6 Å². The van der Waals surface area contributed by atoms with E-state index in [0.29, 0.717) is 5.92 Å². The van der Waals surface area contributed by atoms with Crippen LogP contribution in [0.3, 0.4) is 0 Å². The van der Waals surface area contributed by atoms with Crippen molar-refractivity contribution in [3.63, 3.8) is 0 Å². The summed E-state index contributed by atoms with van der Waals surface area (Å²) in [5, 5.41) is 5.69. The highest BCUT2D eigenvalue weighted by molar-refractivity contribution is 5.91. The number of carbonyl (C=O) groups is 1. The van der Waals surface area contributed by atoms with Gasteiger partial charge in [0, 0.05) is 11.9 Å². The molecule has 3 nitrogen and oxygen atoms in total. The first kappa shape index (κ1) is 12.7. The first-order chi connectivity index (χ1) is 8.58. The average Bonchev–Trinajstić information content (AvgIpc) is 3.15. The van der Waals surface area contributed by atoms with Crippen LogP contribution < -0.4 is 10.6 Å². The van der Waals surface area contributed by atoms with Crippen LogP contribution in [0.5, 0.6) is 0 Å². The molecule has 0 spiro atoms. The Labute approximate surface area is 108 Å². The van der Waals surface area contributed by atoms with Crippen LogP contribution in [0.1, 0.15) is 30.9 Å². The van der Waals surface area contributed by atoms with Gasteiger partial charge in [0.2, 0.25) is 0 Å². The third-order valence-electron chi connectivity index (χ3n) is 3.37. The van der Waals surface area contributed by atoms with Crippen LogP contribution >= 0.6 is 0 Å². The quantitative estimate of drug-likeness (QED) is 0.835. The Morgan fingerprint density at radius 1 is 1.28 bits per heavy atom. The third kappa shape index (κ3) is 3.13. The smallest absolute Gasteiger partial charge is 0.314 e. The highest BCUT2D eigenvalue weighted by atomic mass is 16.2. The molecule has 0 atom stereocenters. The highest BCUT2D eigenvalue weighted by Crippen LogP contribution is 2.35. The summed E-state index contributed by atoms with van der Waals surface area (Å²) in [5.41, 5.74) is 4.31. The fourth-order valence-electron chi connectivity index (χ4n) is 2.00. The maximum atomic E-state index is 11.8. The number of allylic oxidation sites excluding steroid dienone is 1. The summed E-state index contributed by atoms with van der Waals surface area (Å²) >= 11 is 0. The second-order valence-electron chi connectivity index (χ2n) is 5.03. The molecule has 1 aliphatic rings. The van der Waals surface area contributed by atoms with Crippen molar-refractivity contribution in [1.82, 2.24) is 5.32 Å². The molecular weight excluding hydrogens is 224 g/mol. The van der Waals surface area contributed by atoms with Crippen molar-refractivity contribution in [3.05, 3.63) is 41.1 Å². The van der Waals surface area contributed by atoms with Crippen molar-refractivity contribution in [3.8, 4) is 0 Å². The number of benzene rings is 1. The summed E-state index contributed by atoms with van der Waals surface area (Å²) < 4.78 is 0. The number of aryl methyl sites for hydroxylation is 2. The Kier molecular flexibility index (Phi) is 3.70. The van der Waals surface area contributed by atoms with Crippen LogP contribution in [-0.2, 0) is 0 Å². The summed E-state index contributed by atoms with van der Waals surface area (Å²) in [6, 6.07) is 5.81. The van der Waals surface area contributed by atoms with Crippen LogP contribution in [0.4, 0.5) is 10.5 Å². The predicted octanol–water partition coefficient (Wildman–Crippen LogP) is 3.74. The van der Waals surface area contributed by atoms with Gasteiger partial charge in [0.1, 0.15) is 0 Å². The van der Waals surface area contributed by atoms with Gasteiger partial charge >= 0.3 is 6.03 Å². The van der Waals surface area contributed by atoms with Gasteiger partial charge in [-0.25, -0.2) is 4.79 Å². The second-order valence-corrected chi connectivity index (χ2v) is 5.03. The van der Waals surface area contributed by atoms with Crippen molar-refractivity contribution >= 4 is 11.7 Å². The molecule has 0 heterocycles. The minimum Gasteiger partial charge on any atom is -0.314 e. The molecule has 0 aromatic heterocycles. The van der Waals surface area contributed by atoms with Crippen molar-refractivity contribution in [2.75, 3.05) is 5.32 Å². The van der Waals surface area contributed by atoms with E-state index in [-0.39, 0.29) is 6.03 Å². The minimum atomic E-state index is -0.174. The Morgan fingerprint density at radius 3 is 2.44 bits per heavy atom. The average molecular weight is 244 g/mol. The molecule has 1 aliphatic carbocycles. The Bertz CT molecular complexity index is 467. The Hall–Kier alpha value is -1.77. The number of carbonyl (C=O) groups excluding carboxylic acids is 1. The van der Waals surface area contributed by atoms with Gasteiger partial charge in [-0.1, -0.05) is 23.8 Å². The largest absolute Gasteiger partial charge is 0.323 e. The summed E-state index contributed by atoms with van der Waals surface area (Å²) in [7, 11) is 0. The number of amides is 2. The van der Waals surface area contributed by atoms with Gasteiger partial charge in [0.15, 0.2) is 0 Å². The molecule has 2 amide bonds. The lowest BCUT2D eigenvalue weighted by Gasteiger charge is -2.11. The van der Waals surface area contributed by atoms with Crippen LogP contribution in [0, 0.1) is 19.8 Å².